The second-order valence-electron chi connectivity index (χ2n) is 14.3. The predicted molar refractivity (Wildman–Crippen MR) is 201 cm³/mol. The molecule has 1 aliphatic heterocycles. The van der Waals surface area contributed by atoms with Crippen molar-refractivity contribution >= 4 is 33.0 Å². The number of rotatable bonds is 10. The standard InChI is InChI=1S/C39H40F2N8O5S/c1-39(2,3)54-38(50)47-14-12-31(13-15-47)48-23-29(21-45-48)26-18-33-28(24-49(36(33)43-19-26)55(51,52)32-8-6-5-7-9-32)16-25-10-11-34(46-35(25)41)42-20-27-17-30(40)22-44-37(27)53-4/h5-11,17-19,21-24,31H,12-16,20H2,1-4H3,(H,42,46). The molecule has 1 saturated heterocycles. The van der Waals surface area contributed by atoms with Gasteiger partial charge in [0, 0.05) is 72.3 Å². The van der Waals surface area contributed by atoms with E-state index < -0.39 is 27.4 Å². The molecule has 0 spiro atoms. The van der Waals surface area contributed by atoms with Crippen molar-refractivity contribution in [1.29, 1.82) is 0 Å². The van der Waals surface area contributed by atoms with Gasteiger partial charge in [-0.3, -0.25) is 4.68 Å². The van der Waals surface area contributed by atoms with E-state index in [2.05, 4.69) is 25.4 Å². The third-order valence-electron chi connectivity index (χ3n) is 9.27. The number of halogens is 2. The summed E-state index contributed by atoms with van der Waals surface area (Å²) in [6.07, 6.45) is 8.84. The average Bonchev–Trinajstić information content (AvgIpc) is 3.81. The van der Waals surface area contributed by atoms with Crippen LogP contribution in [0.5, 0.6) is 5.88 Å². The van der Waals surface area contributed by atoms with Crippen molar-refractivity contribution < 1.29 is 31.5 Å². The maximum atomic E-state index is 15.6. The molecule has 0 bridgehead atoms. The van der Waals surface area contributed by atoms with Gasteiger partial charge in [-0.25, -0.2) is 36.5 Å². The first-order chi connectivity index (χ1) is 26.3. The van der Waals surface area contributed by atoms with Crippen LogP contribution in [0.25, 0.3) is 22.2 Å². The first-order valence-corrected chi connectivity index (χ1v) is 19.1. The number of anilines is 1. The number of carbonyl (C=O) groups excluding carboxylic acids is 1. The second-order valence-corrected chi connectivity index (χ2v) is 16.1. The van der Waals surface area contributed by atoms with E-state index in [9.17, 15) is 17.6 Å². The molecule has 1 aromatic carbocycles. The predicted octanol–water partition coefficient (Wildman–Crippen LogP) is 6.99. The summed E-state index contributed by atoms with van der Waals surface area (Å²) in [6, 6.07) is 14.4. The number of ether oxygens (including phenoxy) is 2. The Bertz CT molecular complexity index is 2460. The van der Waals surface area contributed by atoms with Gasteiger partial charge >= 0.3 is 6.09 Å². The fourth-order valence-corrected chi connectivity index (χ4v) is 7.89. The Morgan fingerprint density at radius 3 is 2.40 bits per heavy atom. The summed E-state index contributed by atoms with van der Waals surface area (Å²) >= 11 is 0. The van der Waals surface area contributed by atoms with Crippen molar-refractivity contribution in [3.63, 3.8) is 0 Å². The number of nitrogens with zero attached hydrogens (tertiary/aromatic N) is 7. The highest BCUT2D eigenvalue weighted by Gasteiger charge is 2.28. The molecule has 13 nitrogen and oxygen atoms in total. The third-order valence-corrected chi connectivity index (χ3v) is 10.9. The molecule has 6 aromatic rings. The molecule has 0 saturated carbocycles. The van der Waals surface area contributed by atoms with Crippen molar-refractivity contribution in [3.05, 3.63) is 114 Å². The maximum absolute atomic E-state index is 15.6. The highest BCUT2D eigenvalue weighted by Crippen LogP contribution is 2.32. The minimum atomic E-state index is -4.07. The SMILES string of the molecule is COc1ncc(F)cc1CNc1ccc(Cc2cn(S(=O)(=O)c3ccccc3)c3ncc(-c4cnn(C5CCN(C(=O)OC(C)(C)C)CC5)c4)cc23)c(F)n1. The molecule has 1 amide bonds. The molecule has 0 atom stereocenters. The lowest BCUT2D eigenvalue weighted by Crippen LogP contribution is -2.42. The summed E-state index contributed by atoms with van der Waals surface area (Å²) in [5.74, 6) is -0.861. The van der Waals surface area contributed by atoms with Crippen LogP contribution in [-0.4, -0.2) is 73.9 Å². The molecule has 1 N–H and O–H groups in total. The van der Waals surface area contributed by atoms with E-state index in [1.165, 1.54) is 31.5 Å². The number of benzene rings is 1. The zero-order valence-corrected chi connectivity index (χ0v) is 31.6. The van der Waals surface area contributed by atoms with E-state index in [1.807, 2.05) is 37.7 Å². The van der Waals surface area contributed by atoms with Crippen molar-refractivity contribution in [1.82, 2.24) is 33.6 Å². The summed E-state index contributed by atoms with van der Waals surface area (Å²) in [7, 11) is -2.64. The number of hydrogen-bond donors (Lipinski definition) is 1. The van der Waals surface area contributed by atoms with E-state index in [1.54, 1.807) is 47.6 Å². The average molecular weight is 771 g/mol. The van der Waals surface area contributed by atoms with Crippen LogP contribution in [0.1, 0.15) is 56.3 Å². The van der Waals surface area contributed by atoms with E-state index in [0.717, 1.165) is 15.7 Å². The Balaban J connectivity index is 1.16. The van der Waals surface area contributed by atoms with Gasteiger partial charge in [-0.1, -0.05) is 24.3 Å². The number of carbonyl (C=O) groups is 1. The van der Waals surface area contributed by atoms with Crippen LogP contribution in [0.3, 0.4) is 0 Å². The number of nitrogens with one attached hydrogen (secondary N) is 1. The number of hydrogen-bond acceptors (Lipinski definition) is 10. The van der Waals surface area contributed by atoms with Crippen LogP contribution in [-0.2, 0) is 27.7 Å². The highest BCUT2D eigenvalue weighted by atomic mass is 32.2. The maximum Gasteiger partial charge on any atom is 0.410 e. The lowest BCUT2D eigenvalue weighted by Gasteiger charge is -2.33. The van der Waals surface area contributed by atoms with Crippen molar-refractivity contribution in [2.75, 3.05) is 25.5 Å². The van der Waals surface area contributed by atoms with Crippen LogP contribution in [0.15, 0.2) is 90.5 Å². The van der Waals surface area contributed by atoms with Gasteiger partial charge in [-0.05, 0) is 69.5 Å². The number of piperidine rings is 1. The molecule has 1 aliphatic rings. The van der Waals surface area contributed by atoms with E-state index in [4.69, 9.17) is 9.47 Å². The molecule has 0 unspecified atom stereocenters. The Morgan fingerprint density at radius 2 is 1.69 bits per heavy atom. The fourth-order valence-electron chi connectivity index (χ4n) is 6.52. The molecule has 55 heavy (non-hydrogen) atoms. The van der Waals surface area contributed by atoms with Crippen LogP contribution < -0.4 is 10.1 Å². The zero-order valence-electron chi connectivity index (χ0n) is 30.7. The minimum absolute atomic E-state index is 0.00911. The summed E-state index contributed by atoms with van der Waals surface area (Å²) in [6.45, 7) is 6.69. The lowest BCUT2D eigenvalue weighted by molar-refractivity contribution is 0.0184. The van der Waals surface area contributed by atoms with E-state index >= 15 is 4.39 Å². The Morgan fingerprint density at radius 1 is 0.927 bits per heavy atom. The highest BCUT2D eigenvalue weighted by molar-refractivity contribution is 7.90. The second kappa shape index (κ2) is 15.1. The topological polar surface area (TPSA) is 146 Å². The summed E-state index contributed by atoms with van der Waals surface area (Å²) < 4.78 is 70.9. The van der Waals surface area contributed by atoms with Gasteiger partial charge in [-0.2, -0.15) is 9.49 Å². The van der Waals surface area contributed by atoms with Gasteiger partial charge in [0.2, 0.25) is 11.8 Å². The summed E-state index contributed by atoms with van der Waals surface area (Å²) in [5, 5.41) is 8.12. The van der Waals surface area contributed by atoms with Crippen LogP contribution >= 0.6 is 0 Å². The number of fused-ring (bicyclic) bond motifs is 1. The smallest absolute Gasteiger partial charge is 0.410 e. The molecule has 0 aliphatic carbocycles. The Hall–Kier alpha value is -5.90. The van der Waals surface area contributed by atoms with Gasteiger partial charge < -0.3 is 19.7 Å². The largest absolute Gasteiger partial charge is 0.481 e. The third kappa shape index (κ3) is 8.13. The Kier molecular flexibility index (Phi) is 10.3. The monoisotopic (exact) mass is 770 g/mol. The number of aromatic nitrogens is 6. The summed E-state index contributed by atoms with van der Waals surface area (Å²) in [5.41, 5.74) is 2.25. The van der Waals surface area contributed by atoms with Crippen LogP contribution in [0.4, 0.5) is 19.4 Å². The normalized spacial score (nSPS) is 14.0. The van der Waals surface area contributed by atoms with E-state index in [0.29, 0.717) is 48.0 Å². The van der Waals surface area contributed by atoms with Crippen LogP contribution in [0, 0.1) is 11.8 Å². The number of likely N-dealkylation sites (tertiary alicyclic amines) is 1. The summed E-state index contributed by atoms with van der Waals surface area (Å²) in [4.78, 5) is 27.0. The molecular formula is C39H40F2N8O5S. The molecule has 0 radical (unpaired) electrons. The molecule has 6 heterocycles. The first-order valence-electron chi connectivity index (χ1n) is 17.7. The van der Waals surface area contributed by atoms with E-state index in [-0.39, 0.29) is 52.9 Å². The fraction of sp³-hybridized carbons (Fsp3) is 0.308. The van der Waals surface area contributed by atoms with Gasteiger partial charge in [0.25, 0.3) is 10.0 Å². The quantitative estimate of drug-likeness (QED) is 0.145. The molecule has 1 fully saturated rings. The van der Waals surface area contributed by atoms with Crippen LogP contribution in [0.2, 0.25) is 0 Å². The van der Waals surface area contributed by atoms with Gasteiger partial charge in [0.15, 0.2) is 5.65 Å². The van der Waals surface area contributed by atoms with Gasteiger partial charge in [0.05, 0.1) is 30.4 Å². The molecular weight excluding hydrogens is 731 g/mol. The lowest BCUT2D eigenvalue weighted by atomic mass is 10.0. The molecule has 286 valence electrons. The van der Waals surface area contributed by atoms with Crippen molar-refractivity contribution in [2.45, 2.75) is 63.1 Å². The minimum Gasteiger partial charge on any atom is -0.481 e. The zero-order chi connectivity index (χ0) is 38.9. The Labute approximate surface area is 317 Å². The molecule has 7 rings (SSSR count). The first kappa shape index (κ1) is 37.4. The molecule has 5 aromatic heterocycles. The van der Waals surface area contributed by atoms with Gasteiger partial charge in [-0.15, -0.1) is 0 Å². The number of methoxy groups -OCH3 is 1. The number of pyridine rings is 3. The molecule has 16 heteroatoms. The van der Waals surface area contributed by atoms with Crippen molar-refractivity contribution in [2.24, 2.45) is 0 Å². The van der Waals surface area contributed by atoms with Gasteiger partial charge in [0.1, 0.15) is 17.2 Å². The van der Waals surface area contributed by atoms with Crippen molar-refractivity contribution in [3.8, 4) is 17.0 Å². The number of amides is 1.